The minimum absolute atomic E-state index is 0.0454. The van der Waals surface area contributed by atoms with Gasteiger partial charge >= 0.3 is 5.97 Å². The van der Waals surface area contributed by atoms with E-state index in [1.807, 2.05) is 25.7 Å². The van der Waals surface area contributed by atoms with E-state index in [-0.39, 0.29) is 37.0 Å². The maximum atomic E-state index is 14.6. The highest BCUT2D eigenvalue weighted by molar-refractivity contribution is 8.02. The summed E-state index contributed by atoms with van der Waals surface area (Å²) in [4.78, 5) is 45.7. The number of esters is 1. The normalized spacial score (nSPS) is 34.5. The molecule has 0 radical (unpaired) electrons. The molecule has 200 valence electrons. The minimum atomic E-state index is -0.722. The molecule has 2 amide bonds. The maximum absolute atomic E-state index is 14.6. The van der Waals surface area contributed by atoms with E-state index in [0.29, 0.717) is 13.0 Å². The summed E-state index contributed by atoms with van der Waals surface area (Å²) >= 11 is 1.64. The Labute approximate surface area is 219 Å². The van der Waals surface area contributed by atoms with E-state index in [9.17, 15) is 19.5 Å². The first-order valence-corrected chi connectivity index (χ1v) is 14.3. The number of ether oxygens (including phenoxy) is 1. The molecule has 0 aromatic carbocycles. The summed E-state index contributed by atoms with van der Waals surface area (Å²) in [5.74, 6) is -1.96. The number of nitrogens with zero attached hydrogens (tertiary/aromatic N) is 2. The zero-order chi connectivity index (χ0) is 26.3. The first kappa shape index (κ1) is 27.2. The van der Waals surface area contributed by atoms with E-state index in [1.54, 1.807) is 22.7 Å². The monoisotopic (exact) mass is 518 g/mol. The average Bonchev–Trinajstić information content (AvgIpc) is 3.42. The van der Waals surface area contributed by atoms with Gasteiger partial charge in [-0.1, -0.05) is 51.8 Å². The van der Waals surface area contributed by atoms with Crippen molar-refractivity contribution >= 4 is 29.5 Å². The Bertz CT molecular complexity index is 902. The van der Waals surface area contributed by atoms with Crippen molar-refractivity contribution in [1.29, 1.82) is 0 Å². The van der Waals surface area contributed by atoms with Gasteiger partial charge in [-0.15, -0.1) is 18.3 Å². The fourth-order valence-electron chi connectivity index (χ4n) is 7.32. The van der Waals surface area contributed by atoms with E-state index in [0.717, 1.165) is 32.1 Å². The van der Waals surface area contributed by atoms with Crippen LogP contribution in [0.4, 0.5) is 0 Å². The molecule has 0 aromatic heterocycles. The fraction of sp³-hybridized carbons (Fsp3) is 0.750. The highest BCUT2D eigenvalue weighted by Crippen LogP contribution is 2.72. The number of hydrogen-bond donors (Lipinski definition) is 1. The van der Waals surface area contributed by atoms with Gasteiger partial charge in [-0.25, -0.2) is 0 Å². The summed E-state index contributed by atoms with van der Waals surface area (Å²) in [7, 11) is 0. The summed E-state index contributed by atoms with van der Waals surface area (Å²) in [5, 5.41) is 10.4. The SMILES string of the molecule is C=CCOC(=O)[C@@H]1[C@H]2C(=O)N([C@@H](CO)C(C)C)C(C(=O)N(CC=C)C3CCCCC3)C23CC[C@@]1(C)S3. The summed E-state index contributed by atoms with van der Waals surface area (Å²) in [6, 6.07) is -1.10. The quantitative estimate of drug-likeness (QED) is 0.352. The van der Waals surface area contributed by atoms with Crippen LogP contribution in [0.2, 0.25) is 0 Å². The Morgan fingerprint density at radius 3 is 2.50 bits per heavy atom. The van der Waals surface area contributed by atoms with E-state index in [2.05, 4.69) is 13.2 Å². The third-order valence-corrected chi connectivity index (χ3v) is 11.0. The number of fused-ring (bicyclic) bond motifs is 1. The van der Waals surface area contributed by atoms with Crippen LogP contribution in [0, 0.1) is 17.8 Å². The molecule has 2 bridgehead atoms. The molecule has 1 aliphatic carbocycles. The van der Waals surface area contributed by atoms with E-state index < -0.39 is 39.4 Å². The first-order chi connectivity index (χ1) is 17.2. The molecule has 4 fully saturated rings. The largest absolute Gasteiger partial charge is 0.461 e. The number of hydrogen-bond acceptors (Lipinski definition) is 6. The molecule has 1 spiro atoms. The van der Waals surface area contributed by atoms with Gasteiger partial charge in [0, 0.05) is 17.3 Å². The smallest absolute Gasteiger partial charge is 0.311 e. The molecule has 2 unspecified atom stereocenters. The van der Waals surface area contributed by atoms with Crippen LogP contribution >= 0.6 is 11.8 Å². The van der Waals surface area contributed by atoms with Crippen LogP contribution in [0.3, 0.4) is 0 Å². The number of carbonyl (C=O) groups is 3. The van der Waals surface area contributed by atoms with Gasteiger partial charge in [-0.2, -0.15) is 0 Å². The second kappa shape index (κ2) is 10.5. The van der Waals surface area contributed by atoms with Crippen molar-refractivity contribution in [2.45, 2.75) is 93.3 Å². The van der Waals surface area contributed by atoms with Gasteiger partial charge in [-0.3, -0.25) is 14.4 Å². The Morgan fingerprint density at radius 1 is 1.22 bits per heavy atom. The zero-order valence-electron chi connectivity index (χ0n) is 22.0. The topological polar surface area (TPSA) is 87.1 Å². The molecule has 3 heterocycles. The molecule has 8 heteroatoms. The predicted octanol–water partition coefficient (Wildman–Crippen LogP) is 3.56. The van der Waals surface area contributed by atoms with Crippen LogP contribution < -0.4 is 0 Å². The van der Waals surface area contributed by atoms with Crippen LogP contribution in [-0.4, -0.2) is 80.1 Å². The van der Waals surface area contributed by atoms with Crippen LogP contribution in [0.5, 0.6) is 0 Å². The summed E-state index contributed by atoms with van der Waals surface area (Å²) in [5.41, 5.74) is 0. The lowest BCUT2D eigenvalue weighted by Crippen LogP contribution is -2.60. The van der Waals surface area contributed by atoms with E-state index >= 15 is 0 Å². The van der Waals surface area contributed by atoms with Gasteiger partial charge in [0.1, 0.15) is 12.6 Å². The maximum Gasteiger partial charge on any atom is 0.311 e. The van der Waals surface area contributed by atoms with Gasteiger partial charge in [0.2, 0.25) is 11.8 Å². The van der Waals surface area contributed by atoms with Gasteiger partial charge in [-0.05, 0) is 38.5 Å². The Balaban J connectivity index is 1.80. The number of carbonyl (C=O) groups excluding carboxylic acids is 3. The highest BCUT2D eigenvalue weighted by Gasteiger charge is 2.78. The molecule has 7 nitrogen and oxygen atoms in total. The molecular weight excluding hydrogens is 476 g/mol. The number of amides is 2. The predicted molar refractivity (Wildman–Crippen MR) is 141 cm³/mol. The van der Waals surface area contributed by atoms with E-state index in [4.69, 9.17) is 4.74 Å². The van der Waals surface area contributed by atoms with Crippen molar-refractivity contribution < 1.29 is 24.2 Å². The molecule has 36 heavy (non-hydrogen) atoms. The third-order valence-electron chi connectivity index (χ3n) is 8.98. The number of likely N-dealkylation sites (tertiary alicyclic amines) is 1. The number of rotatable bonds is 10. The number of aliphatic hydroxyl groups excluding tert-OH is 1. The second-order valence-electron chi connectivity index (χ2n) is 11.5. The molecule has 3 saturated heterocycles. The van der Waals surface area contributed by atoms with Gasteiger partial charge in [0.05, 0.1) is 29.2 Å². The highest BCUT2D eigenvalue weighted by atomic mass is 32.2. The van der Waals surface area contributed by atoms with Crippen molar-refractivity contribution in [1.82, 2.24) is 9.80 Å². The molecule has 4 aliphatic rings. The second-order valence-corrected chi connectivity index (χ2v) is 13.4. The van der Waals surface area contributed by atoms with Crippen molar-refractivity contribution in [2.24, 2.45) is 17.8 Å². The van der Waals surface area contributed by atoms with Gasteiger partial charge < -0.3 is 19.6 Å². The molecule has 4 rings (SSSR count). The number of aliphatic hydroxyl groups is 1. The van der Waals surface area contributed by atoms with E-state index in [1.165, 1.54) is 12.5 Å². The van der Waals surface area contributed by atoms with Crippen LogP contribution in [0.1, 0.15) is 65.7 Å². The average molecular weight is 519 g/mol. The molecule has 1 N–H and O–H groups in total. The van der Waals surface area contributed by atoms with Gasteiger partial charge in [0.25, 0.3) is 0 Å². The fourth-order valence-corrected chi connectivity index (χ4v) is 9.64. The first-order valence-electron chi connectivity index (χ1n) is 13.5. The minimum Gasteiger partial charge on any atom is -0.461 e. The zero-order valence-corrected chi connectivity index (χ0v) is 22.8. The van der Waals surface area contributed by atoms with Crippen molar-refractivity contribution in [2.75, 3.05) is 19.8 Å². The van der Waals surface area contributed by atoms with Crippen LogP contribution in [0.15, 0.2) is 25.3 Å². The Morgan fingerprint density at radius 2 is 1.92 bits per heavy atom. The van der Waals surface area contributed by atoms with Crippen molar-refractivity contribution in [3.05, 3.63) is 25.3 Å². The lowest BCUT2D eigenvalue weighted by atomic mass is 9.66. The van der Waals surface area contributed by atoms with Crippen LogP contribution in [0.25, 0.3) is 0 Å². The van der Waals surface area contributed by atoms with Crippen molar-refractivity contribution in [3.63, 3.8) is 0 Å². The van der Waals surface area contributed by atoms with Crippen LogP contribution in [-0.2, 0) is 19.1 Å². The third kappa shape index (κ3) is 4.22. The standard InChI is InChI=1S/C28H42N2O5S/c1-6-15-29(19-11-9-8-10-12-19)25(33)23-28-14-13-27(5,36-28)22(26(34)35-16-7-2)21(28)24(32)30(23)20(17-31)18(3)4/h6-7,18-23,31H,1-2,8-17H2,3-5H3/t20-,21-,22-,23?,27+,28?/m0/s1. The lowest BCUT2D eigenvalue weighted by Gasteiger charge is -2.43. The summed E-state index contributed by atoms with van der Waals surface area (Å²) < 4.78 is 4.31. The summed E-state index contributed by atoms with van der Waals surface area (Å²) in [6.07, 6.45) is 9.97. The molecular formula is C28H42N2O5S. The Hall–Kier alpha value is -1.80. The van der Waals surface area contributed by atoms with Crippen molar-refractivity contribution in [3.8, 4) is 0 Å². The molecule has 1 saturated carbocycles. The molecule has 6 atom stereocenters. The molecule has 0 aromatic rings. The lowest BCUT2D eigenvalue weighted by molar-refractivity contribution is -0.155. The number of thioether (sulfide) groups is 1. The molecule has 3 aliphatic heterocycles. The Kier molecular flexibility index (Phi) is 7.96. The summed E-state index contributed by atoms with van der Waals surface area (Å²) in [6.45, 7) is 13.8. The van der Waals surface area contributed by atoms with Gasteiger partial charge in [0.15, 0.2) is 0 Å².